The fourth-order valence-electron chi connectivity index (χ4n) is 3.69. The van der Waals surface area contributed by atoms with Gasteiger partial charge in [-0.1, -0.05) is 43.3 Å². The van der Waals surface area contributed by atoms with Crippen LogP contribution in [0.1, 0.15) is 24.5 Å². The third-order valence-electron chi connectivity index (χ3n) is 4.82. The highest BCUT2D eigenvalue weighted by Gasteiger charge is 2.30. The molecule has 5 rings (SSSR count). The molecule has 2 nitrogen and oxygen atoms in total. The van der Waals surface area contributed by atoms with Gasteiger partial charge in [0, 0.05) is 17.5 Å². The smallest absolute Gasteiger partial charge is 0.177 e. The van der Waals surface area contributed by atoms with Gasteiger partial charge in [-0.2, -0.15) is 0 Å². The maximum atomic E-state index is 6.03. The van der Waals surface area contributed by atoms with Gasteiger partial charge in [-0.05, 0) is 46.9 Å². The van der Waals surface area contributed by atoms with Gasteiger partial charge in [-0.3, -0.25) is 0 Å². The summed E-state index contributed by atoms with van der Waals surface area (Å²) in [6.07, 6.45) is 1.96. The molecule has 1 aliphatic heterocycles. The Labute approximate surface area is 141 Å². The summed E-state index contributed by atoms with van der Waals surface area (Å²) in [7, 11) is 0. The minimum atomic E-state index is 0.756. The van der Waals surface area contributed by atoms with Crippen molar-refractivity contribution in [2.45, 2.75) is 19.8 Å². The summed E-state index contributed by atoms with van der Waals surface area (Å²) in [5, 5.41) is 0. The van der Waals surface area contributed by atoms with Gasteiger partial charge in [-0.15, -0.1) is 0 Å². The van der Waals surface area contributed by atoms with Gasteiger partial charge in [-0.25, -0.2) is 0 Å². The molecule has 24 heavy (non-hydrogen) atoms. The highest BCUT2D eigenvalue weighted by molar-refractivity contribution is 5.95. The van der Waals surface area contributed by atoms with Crippen LogP contribution in [0.3, 0.4) is 0 Å². The molecule has 1 heterocycles. The SMILES string of the molecule is CCCOc1ccc(-c2cccc3c2O3)c2c1Cc1ccccc1-2. The topological polar surface area (TPSA) is 21.8 Å². The maximum Gasteiger partial charge on any atom is 0.177 e. The summed E-state index contributed by atoms with van der Waals surface area (Å²) in [5.74, 6) is 3.04. The van der Waals surface area contributed by atoms with Crippen LogP contribution in [0, 0.1) is 0 Å². The summed E-state index contributed by atoms with van der Waals surface area (Å²) in [6, 6.07) is 19.2. The van der Waals surface area contributed by atoms with Crippen LogP contribution >= 0.6 is 0 Å². The van der Waals surface area contributed by atoms with Crippen LogP contribution in [0.25, 0.3) is 22.3 Å². The Balaban J connectivity index is 1.74. The fraction of sp³-hybridized carbons (Fsp3) is 0.182. The van der Waals surface area contributed by atoms with E-state index in [1.54, 1.807) is 0 Å². The van der Waals surface area contributed by atoms with E-state index in [0.29, 0.717) is 0 Å². The predicted molar refractivity (Wildman–Crippen MR) is 96.0 cm³/mol. The fourth-order valence-corrected chi connectivity index (χ4v) is 3.69. The minimum absolute atomic E-state index is 0.756. The standard InChI is InChI=1S/C22H18O2/c1-2-12-23-19-11-10-16(17-8-5-9-20-22(17)24-20)21-15-7-4-3-6-14(15)13-18(19)21/h3-11H,2,12-13H2,1H3. The third kappa shape index (κ3) is 1.96. The van der Waals surface area contributed by atoms with Crippen LogP contribution in [-0.2, 0) is 6.42 Å². The first-order chi connectivity index (χ1) is 11.9. The monoisotopic (exact) mass is 314 g/mol. The van der Waals surface area contributed by atoms with E-state index in [2.05, 4.69) is 55.5 Å². The lowest BCUT2D eigenvalue weighted by Crippen LogP contribution is -1.99. The molecule has 0 bridgehead atoms. The van der Waals surface area contributed by atoms with Crippen LogP contribution in [0.5, 0.6) is 17.2 Å². The summed E-state index contributed by atoms with van der Waals surface area (Å²) in [5.41, 5.74) is 7.74. The van der Waals surface area contributed by atoms with Crippen LogP contribution in [0.15, 0.2) is 54.6 Å². The molecule has 0 amide bonds. The van der Waals surface area contributed by atoms with E-state index < -0.39 is 0 Å². The summed E-state index contributed by atoms with van der Waals surface area (Å²) in [4.78, 5) is 0. The first-order valence-electron chi connectivity index (χ1n) is 8.55. The first-order valence-corrected chi connectivity index (χ1v) is 8.55. The molecular formula is C22H18O2. The van der Waals surface area contributed by atoms with Gasteiger partial charge in [0.1, 0.15) is 5.75 Å². The number of hydrogen-bond donors (Lipinski definition) is 0. The molecule has 0 unspecified atom stereocenters. The van der Waals surface area contributed by atoms with Gasteiger partial charge in [0.05, 0.1) is 6.61 Å². The Hall–Kier alpha value is -2.74. The number of ether oxygens (including phenoxy) is 2. The average Bonchev–Trinajstić information content (AvgIpc) is 3.32. The van der Waals surface area contributed by atoms with Gasteiger partial charge < -0.3 is 9.47 Å². The van der Waals surface area contributed by atoms with Crippen LogP contribution in [0.4, 0.5) is 0 Å². The minimum Gasteiger partial charge on any atom is -0.493 e. The highest BCUT2D eigenvalue weighted by atomic mass is 16.6. The van der Waals surface area contributed by atoms with E-state index >= 15 is 0 Å². The Morgan fingerprint density at radius 1 is 0.917 bits per heavy atom. The molecule has 3 aromatic carbocycles. The Morgan fingerprint density at radius 2 is 1.79 bits per heavy atom. The van der Waals surface area contributed by atoms with E-state index in [1.807, 2.05) is 6.07 Å². The molecule has 0 atom stereocenters. The van der Waals surface area contributed by atoms with E-state index in [9.17, 15) is 0 Å². The zero-order valence-corrected chi connectivity index (χ0v) is 13.6. The van der Waals surface area contributed by atoms with Crippen molar-refractivity contribution in [1.82, 2.24) is 0 Å². The largest absolute Gasteiger partial charge is 0.493 e. The zero-order chi connectivity index (χ0) is 16.1. The normalized spacial score (nSPS) is 12.9. The molecule has 0 saturated carbocycles. The average molecular weight is 314 g/mol. The summed E-state index contributed by atoms with van der Waals surface area (Å²) < 4.78 is 11.7. The van der Waals surface area contributed by atoms with Gasteiger partial charge in [0.25, 0.3) is 0 Å². The van der Waals surface area contributed by atoms with Crippen molar-refractivity contribution in [2.75, 3.05) is 6.61 Å². The second-order valence-electron chi connectivity index (χ2n) is 6.38. The number of rotatable bonds is 4. The molecule has 2 aliphatic rings. The lowest BCUT2D eigenvalue weighted by Gasteiger charge is -2.14. The third-order valence-corrected chi connectivity index (χ3v) is 4.82. The molecule has 0 N–H and O–H groups in total. The maximum absolute atomic E-state index is 6.03. The Bertz CT molecular complexity index is 956. The first kappa shape index (κ1) is 13.7. The lowest BCUT2D eigenvalue weighted by molar-refractivity contribution is 0.315. The lowest BCUT2D eigenvalue weighted by atomic mass is 9.94. The molecule has 1 aliphatic carbocycles. The number of hydrogen-bond acceptors (Lipinski definition) is 2. The Kier molecular flexibility index (Phi) is 2.93. The number of para-hydroxylation sites is 1. The van der Waals surface area contributed by atoms with Crippen molar-refractivity contribution in [2.24, 2.45) is 0 Å². The van der Waals surface area contributed by atoms with Crippen molar-refractivity contribution in [3.8, 4) is 39.5 Å². The van der Waals surface area contributed by atoms with Gasteiger partial charge >= 0.3 is 0 Å². The summed E-state index contributed by atoms with van der Waals surface area (Å²) in [6.45, 7) is 2.90. The molecule has 118 valence electrons. The van der Waals surface area contributed by atoms with Crippen LogP contribution in [0.2, 0.25) is 0 Å². The molecule has 0 aromatic heterocycles. The van der Waals surface area contributed by atoms with Crippen molar-refractivity contribution in [3.05, 3.63) is 65.7 Å². The molecule has 3 aromatic rings. The van der Waals surface area contributed by atoms with Gasteiger partial charge in [0.15, 0.2) is 11.5 Å². The number of benzene rings is 3. The number of fused-ring (bicyclic) bond motifs is 4. The van der Waals surface area contributed by atoms with Crippen LogP contribution in [-0.4, -0.2) is 6.61 Å². The highest BCUT2D eigenvalue weighted by Crippen LogP contribution is 2.55. The van der Waals surface area contributed by atoms with Crippen molar-refractivity contribution >= 4 is 0 Å². The van der Waals surface area contributed by atoms with E-state index in [0.717, 1.165) is 36.7 Å². The molecule has 0 fully saturated rings. The predicted octanol–water partition coefficient (Wildman–Crippen LogP) is 5.82. The second kappa shape index (κ2) is 5.13. The molecule has 0 radical (unpaired) electrons. The quantitative estimate of drug-likeness (QED) is 0.390. The van der Waals surface area contributed by atoms with Gasteiger partial charge in [0.2, 0.25) is 0 Å². The molecular weight excluding hydrogens is 296 g/mol. The van der Waals surface area contributed by atoms with Crippen molar-refractivity contribution < 1.29 is 9.47 Å². The second-order valence-corrected chi connectivity index (χ2v) is 6.38. The van der Waals surface area contributed by atoms with E-state index in [1.165, 1.54) is 33.4 Å². The van der Waals surface area contributed by atoms with Crippen molar-refractivity contribution in [1.29, 1.82) is 0 Å². The van der Waals surface area contributed by atoms with Crippen molar-refractivity contribution in [3.63, 3.8) is 0 Å². The molecule has 2 heteroatoms. The van der Waals surface area contributed by atoms with E-state index in [-0.39, 0.29) is 0 Å². The van der Waals surface area contributed by atoms with E-state index in [4.69, 9.17) is 9.47 Å². The Morgan fingerprint density at radius 3 is 2.71 bits per heavy atom. The summed E-state index contributed by atoms with van der Waals surface area (Å²) >= 11 is 0. The zero-order valence-electron chi connectivity index (χ0n) is 13.6. The molecule has 0 spiro atoms. The van der Waals surface area contributed by atoms with Crippen LogP contribution < -0.4 is 9.47 Å². The molecule has 0 saturated heterocycles.